The van der Waals surface area contributed by atoms with Gasteiger partial charge in [0.05, 0.1) is 5.56 Å². The van der Waals surface area contributed by atoms with E-state index < -0.39 is 0 Å². The Morgan fingerprint density at radius 3 is 2.64 bits per heavy atom. The summed E-state index contributed by atoms with van der Waals surface area (Å²) in [6, 6.07) is 15.4. The molecule has 0 bridgehead atoms. The van der Waals surface area contributed by atoms with Gasteiger partial charge in [-0.15, -0.1) is 0 Å². The smallest absolute Gasteiger partial charge is 0.343 e. The van der Waals surface area contributed by atoms with Gasteiger partial charge in [0.2, 0.25) is 0 Å². The number of rotatable bonds is 5. The van der Waals surface area contributed by atoms with Gasteiger partial charge >= 0.3 is 11.9 Å². The number of esters is 2. The Hall–Kier alpha value is -2.62. The zero-order valence-corrected chi connectivity index (χ0v) is 19.7. The molecule has 0 spiro atoms. The molecule has 5 atom stereocenters. The summed E-state index contributed by atoms with van der Waals surface area (Å²) in [6.07, 6.45) is 8.00. The fraction of sp³-hybridized carbons (Fsp3) is 0.517. The molecule has 4 heteroatoms. The molecule has 0 unspecified atom stereocenters. The predicted octanol–water partition coefficient (Wildman–Crippen LogP) is 6.47. The maximum atomic E-state index is 12.5. The third-order valence-corrected chi connectivity index (χ3v) is 8.56. The molecular weight excluding hydrogens is 412 g/mol. The molecule has 2 aromatic carbocycles. The number of benzene rings is 2. The van der Waals surface area contributed by atoms with Gasteiger partial charge in [-0.2, -0.15) is 0 Å². The van der Waals surface area contributed by atoms with Crippen molar-refractivity contribution in [3.63, 3.8) is 0 Å². The molecule has 5 rings (SSSR count). The first-order chi connectivity index (χ1) is 16.0. The van der Waals surface area contributed by atoms with Crippen LogP contribution in [0.3, 0.4) is 0 Å². The van der Waals surface area contributed by atoms with Gasteiger partial charge in [-0.25, -0.2) is 4.79 Å². The van der Waals surface area contributed by atoms with Crippen molar-refractivity contribution < 1.29 is 19.1 Å². The molecule has 0 amide bonds. The molecule has 3 aliphatic rings. The maximum absolute atomic E-state index is 12.5. The molecule has 2 aromatic rings. The SMILES string of the molecule is CCCC(=O)O[C@H]1CC[C@@H]2[C@@H]3CCc4cc(OC(=O)c5ccccc5)ccc4[C@H]3CC[C@]12C. The minimum atomic E-state index is -0.313. The van der Waals surface area contributed by atoms with E-state index in [1.807, 2.05) is 31.2 Å². The second kappa shape index (κ2) is 8.96. The van der Waals surface area contributed by atoms with E-state index in [4.69, 9.17) is 9.47 Å². The number of ether oxygens (including phenoxy) is 2. The molecule has 33 heavy (non-hydrogen) atoms. The zero-order valence-electron chi connectivity index (χ0n) is 19.7. The Balaban J connectivity index is 1.31. The topological polar surface area (TPSA) is 52.6 Å². The van der Waals surface area contributed by atoms with Crippen molar-refractivity contribution in [1.82, 2.24) is 0 Å². The molecule has 2 saturated carbocycles. The van der Waals surface area contributed by atoms with Crippen molar-refractivity contribution in [3.8, 4) is 5.75 Å². The van der Waals surface area contributed by atoms with Gasteiger partial charge in [0.1, 0.15) is 11.9 Å². The highest BCUT2D eigenvalue weighted by Crippen LogP contribution is 2.61. The quantitative estimate of drug-likeness (QED) is 0.390. The molecule has 174 valence electrons. The lowest BCUT2D eigenvalue weighted by molar-refractivity contribution is -0.157. The average molecular weight is 447 g/mol. The van der Waals surface area contributed by atoms with Gasteiger partial charge in [-0.3, -0.25) is 4.79 Å². The molecule has 4 nitrogen and oxygen atoms in total. The normalized spacial score (nSPS) is 30.0. The van der Waals surface area contributed by atoms with Crippen molar-refractivity contribution in [2.75, 3.05) is 0 Å². The number of fused-ring (bicyclic) bond motifs is 5. The molecule has 2 fully saturated rings. The Kier molecular flexibility index (Phi) is 6.03. The van der Waals surface area contributed by atoms with Crippen LogP contribution in [0.1, 0.15) is 86.2 Å². The monoisotopic (exact) mass is 446 g/mol. The number of hydrogen-bond acceptors (Lipinski definition) is 4. The van der Waals surface area contributed by atoms with Crippen LogP contribution in [0, 0.1) is 17.3 Å². The first-order valence-corrected chi connectivity index (χ1v) is 12.6. The van der Waals surface area contributed by atoms with Crippen LogP contribution in [0.4, 0.5) is 0 Å². The third-order valence-electron chi connectivity index (χ3n) is 8.56. The van der Waals surface area contributed by atoms with Crippen LogP contribution in [-0.2, 0) is 16.0 Å². The first-order valence-electron chi connectivity index (χ1n) is 12.6. The fourth-order valence-corrected chi connectivity index (χ4v) is 6.93. The van der Waals surface area contributed by atoms with Gasteiger partial charge in [0, 0.05) is 11.8 Å². The summed E-state index contributed by atoms with van der Waals surface area (Å²) in [5.74, 6) is 2.09. The minimum absolute atomic E-state index is 0.0296. The summed E-state index contributed by atoms with van der Waals surface area (Å²) < 4.78 is 11.6. The fourth-order valence-electron chi connectivity index (χ4n) is 6.93. The summed E-state index contributed by atoms with van der Waals surface area (Å²) in [5.41, 5.74) is 3.42. The van der Waals surface area contributed by atoms with Crippen molar-refractivity contribution in [1.29, 1.82) is 0 Å². The van der Waals surface area contributed by atoms with E-state index in [1.165, 1.54) is 11.1 Å². The van der Waals surface area contributed by atoms with Crippen LogP contribution in [0.25, 0.3) is 0 Å². The predicted molar refractivity (Wildman–Crippen MR) is 127 cm³/mol. The second-order valence-corrected chi connectivity index (χ2v) is 10.4. The largest absolute Gasteiger partial charge is 0.462 e. The number of aryl methyl sites for hydroxylation is 1. The van der Waals surface area contributed by atoms with Crippen LogP contribution in [0.15, 0.2) is 48.5 Å². The van der Waals surface area contributed by atoms with Crippen molar-refractivity contribution in [2.24, 2.45) is 17.3 Å². The lowest BCUT2D eigenvalue weighted by Gasteiger charge is -2.50. The van der Waals surface area contributed by atoms with Crippen LogP contribution in [0.2, 0.25) is 0 Å². The van der Waals surface area contributed by atoms with E-state index in [9.17, 15) is 9.59 Å². The van der Waals surface area contributed by atoms with Gasteiger partial charge in [-0.05, 0) is 98.1 Å². The molecule has 0 aromatic heterocycles. The highest BCUT2D eigenvalue weighted by molar-refractivity contribution is 5.91. The van der Waals surface area contributed by atoms with Gasteiger partial charge < -0.3 is 9.47 Å². The summed E-state index contributed by atoms with van der Waals surface area (Å²) in [4.78, 5) is 24.7. The minimum Gasteiger partial charge on any atom is -0.462 e. The average Bonchev–Trinajstić information content (AvgIpc) is 3.15. The van der Waals surface area contributed by atoms with Crippen molar-refractivity contribution in [3.05, 3.63) is 65.2 Å². The summed E-state index contributed by atoms with van der Waals surface area (Å²) in [5, 5.41) is 0. The summed E-state index contributed by atoms with van der Waals surface area (Å²) in [7, 11) is 0. The standard InChI is InChI=1S/C29H34O4/c1-3-7-27(30)33-26-15-14-25-24-12-10-20-18-21(32-28(31)19-8-5-4-6-9-19)11-13-22(20)23(24)16-17-29(25,26)2/h4-6,8-9,11,13,18,23-26H,3,7,10,12,14-17H2,1-2H3/t23-,24-,25-,26+,29+/m1/s1. The van der Waals surface area contributed by atoms with Crippen LogP contribution < -0.4 is 4.74 Å². The molecule has 0 radical (unpaired) electrons. The summed E-state index contributed by atoms with van der Waals surface area (Å²) >= 11 is 0. The van der Waals surface area contributed by atoms with E-state index >= 15 is 0 Å². The lowest BCUT2D eigenvalue weighted by Crippen LogP contribution is -2.45. The van der Waals surface area contributed by atoms with Gasteiger partial charge in [0.15, 0.2) is 0 Å². The van der Waals surface area contributed by atoms with E-state index in [-0.39, 0.29) is 23.5 Å². The number of carbonyl (C=O) groups is 2. The molecule has 0 N–H and O–H groups in total. The molecule has 0 saturated heterocycles. The number of hydrogen-bond donors (Lipinski definition) is 0. The molecular formula is C29H34O4. The maximum Gasteiger partial charge on any atom is 0.343 e. The first kappa shape index (κ1) is 22.2. The number of carbonyl (C=O) groups excluding carboxylic acids is 2. The molecule has 3 aliphatic carbocycles. The molecule has 0 heterocycles. The Labute approximate surface area is 196 Å². The van der Waals surface area contributed by atoms with Crippen LogP contribution in [-0.4, -0.2) is 18.0 Å². The van der Waals surface area contributed by atoms with E-state index in [1.54, 1.807) is 12.1 Å². The van der Waals surface area contributed by atoms with Gasteiger partial charge in [-0.1, -0.05) is 38.1 Å². The molecule has 0 aliphatic heterocycles. The summed E-state index contributed by atoms with van der Waals surface area (Å²) in [6.45, 7) is 4.39. The highest BCUT2D eigenvalue weighted by atomic mass is 16.5. The second-order valence-electron chi connectivity index (χ2n) is 10.4. The van der Waals surface area contributed by atoms with Crippen molar-refractivity contribution in [2.45, 2.75) is 77.2 Å². The van der Waals surface area contributed by atoms with Crippen molar-refractivity contribution >= 4 is 11.9 Å². The van der Waals surface area contributed by atoms with Gasteiger partial charge in [0.25, 0.3) is 0 Å². The van der Waals surface area contributed by atoms with E-state index in [0.29, 0.717) is 35.5 Å². The Morgan fingerprint density at radius 1 is 1.03 bits per heavy atom. The highest BCUT2D eigenvalue weighted by Gasteiger charge is 2.56. The third kappa shape index (κ3) is 4.09. The lowest BCUT2D eigenvalue weighted by atomic mass is 9.55. The Bertz CT molecular complexity index is 1030. The van der Waals surface area contributed by atoms with E-state index in [2.05, 4.69) is 19.1 Å². The van der Waals surface area contributed by atoms with Crippen LogP contribution in [0.5, 0.6) is 5.75 Å². The van der Waals surface area contributed by atoms with Crippen LogP contribution >= 0.6 is 0 Å². The zero-order chi connectivity index (χ0) is 23.0. The Morgan fingerprint density at radius 2 is 1.85 bits per heavy atom. The van der Waals surface area contributed by atoms with E-state index in [0.717, 1.165) is 44.9 Å².